The van der Waals surface area contributed by atoms with Gasteiger partial charge in [-0.05, 0) is 44.0 Å². The van der Waals surface area contributed by atoms with Crippen LogP contribution in [0.3, 0.4) is 0 Å². The summed E-state index contributed by atoms with van der Waals surface area (Å²) in [5.41, 5.74) is 0.692. The number of halogens is 3. The molecule has 0 radical (unpaired) electrons. The van der Waals surface area contributed by atoms with Gasteiger partial charge in [0.1, 0.15) is 5.82 Å². The van der Waals surface area contributed by atoms with Crippen LogP contribution in [0.15, 0.2) is 27.7 Å². The van der Waals surface area contributed by atoms with Crippen LogP contribution in [0, 0.1) is 5.82 Å². The zero-order valence-corrected chi connectivity index (χ0v) is 15.3. The normalized spacial score (nSPS) is 11.2. The Morgan fingerprint density at radius 2 is 2.11 bits per heavy atom. The van der Waals surface area contributed by atoms with Gasteiger partial charge in [0, 0.05) is 24.1 Å². The molecule has 0 amide bonds. The van der Waals surface area contributed by atoms with Crippen LogP contribution in [0.1, 0.15) is 19.4 Å². The van der Waals surface area contributed by atoms with E-state index in [-0.39, 0.29) is 29.8 Å². The Labute approximate surface area is 139 Å². The van der Waals surface area contributed by atoms with Crippen molar-refractivity contribution in [2.75, 3.05) is 13.6 Å². The van der Waals surface area contributed by atoms with Gasteiger partial charge in [-0.2, -0.15) is 0 Å². The van der Waals surface area contributed by atoms with Gasteiger partial charge < -0.3 is 10.6 Å². The van der Waals surface area contributed by atoms with E-state index in [0.717, 1.165) is 10.4 Å². The molecule has 0 saturated heterocycles. The number of nitrogens with zero attached hydrogens (tertiary/aromatic N) is 1. The Kier molecular flexibility index (Phi) is 9.34. The minimum absolute atomic E-state index is 0. The average Bonchev–Trinajstić information content (AvgIpc) is 2.31. The molecule has 0 aromatic heterocycles. The third-order valence-corrected chi connectivity index (χ3v) is 2.84. The van der Waals surface area contributed by atoms with Crippen LogP contribution in [-0.4, -0.2) is 25.6 Å². The van der Waals surface area contributed by atoms with Gasteiger partial charge in [0.2, 0.25) is 0 Å². The highest BCUT2D eigenvalue weighted by molar-refractivity contribution is 14.0. The number of guanidine groups is 1. The summed E-state index contributed by atoms with van der Waals surface area (Å²) in [4.78, 5) is 4.09. The molecule has 0 aliphatic carbocycles. The standard InChI is InChI=1S/C13H19BrFN3.HI/c1-9(2)18-13(16-3)17-7-6-10-8-11(14)4-5-12(10)15;/h4-5,8-9H,6-7H2,1-3H3,(H2,16,17,18);1H. The second kappa shape index (κ2) is 9.52. The second-order valence-corrected chi connectivity index (χ2v) is 5.20. The van der Waals surface area contributed by atoms with Crippen LogP contribution in [0.5, 0.6) is 0 Å². The first-order valence-electron chi connectivity index (χ1n) is 5.94. The Morgan fingerprint density at radius 3 is 2.68 bits per heavy atom. The van der Waals surface area contributed by atoms with Crippen LogP contribution in [0.25, 0.3) is 0 Å². The predicted molar refractivity (Wildman–Crippen MR) is 92.9 cm³/mol. The molecule has 1 rings (SSSR count). The molecular weight excluding hydrogens is 424 g/mol. The van der Waals surface area contributed by atoms with E-state index in [9.17, 15) is 4.39 Å². The Balaban J connectivity index is 0.00000324. The van der Waals surface area contributed by atoms with Gasteiger partial charge in [-0.25, -0.2) is 4.39 Å². The van der Waals surface area contributed by atoms with Gasteiger partial charge >= 0.3 is 0 Å². The number of hydrogen-bond acceptors (Lipinski definition) is 1. The van der Waals surface area contributed by atoms with Gasteiger partial charge in [0.25, 0.3) is 0 Å². The summed E-state index contributed by atoms with van der Waals surface area (Å²) in [7, 11) is 1.72. The molecule has 0 aliphatic heterocycles. The smallest absolute Gasteiger partial charge is 0.191 e. The number of benzene rings is 1. The number of hydrogen-bond donors (Lipinski definition) is 2. The molecule has 2 N–H and O–H groups in total. The van der Waals surface area contributed by atoms with E-state index in [1.54, 1.807) is 19.2 Å². The molecule has 3 nitrogen and oxygen atoms in total. The van der Waals surface area contributed by atoms with Crippen molar-refractivity contribution in [2.24, 2.45) is 4.99 Å². The lowest BCUT2D eigenvalue weighted by atomic mass is 10.1. The van der Waals surface area contributed by atoms with E-state index in [4.69, 9.17) is 0 Å². The topological polar surface area (TPSA) is 36.4 Å². The third-order valence-electron chi connectivity index (χ3n) is 2.34. The lowest BCUT2D eigenvalue weighted by Crippen LogP contribution is -2.41. The number of nitrogens with one attached hydrogen (secondary N) is 2. The minimum Gasteiger partial charge on any atom is -0.356 e. The molecule has 0 bridgehead atoms. The molecule has 0 unspecified atom stereocenters. The summed E-state index contributed by atoms with van der Waals surface area (Å²) in [6.07, 6.45) is 0.615. The van der Waals surface area contributed by atoms with Crippen LogP contribution in [0.2, 0.25) is 0 Å². The highest BCUT2D eigenvalue weighted by atomic mass is 127. The maximum atomic E-state index is 13.5. The van der Waals surface area contributed by atoms with Gasteiger partial charge in [-0.3, -0.25) is 4.99 Å². The quantitative estimate of drug-likeness (QED) is 0.425. The summed E-state index contributed by atoms with van der Waals surface area (Å²) in [6, 6.07) is 5.29. The van der Waals surface area contributed by atoms with E-state index in [2.05, 4.69) is 31.6 Å². The fraction of sp³-hybridized carbons (Fsp3) is 0.462. The molecule has 6 heteroatoms. The summed E-state index contributed by atoms with van der Waals surface area (Å²) in [5.74, 6) is 0.562. The lowest BCUT2D eigenvalue weighted by Gasteiger charge is -2.14. The fourth-order valence-corrected chi connectivity index (χ4v) is 1.93. The number of aliphatic imine (C=N–C) groups is 1. The average molecular weight is 444 g/mol. The van der Waals surface area contributed by atoms with Crippen molar-refractivity contribution in [1.29, 1.82) is 0 Å². The summed E-state index contributed by atoms with van der Waals surface area (Å²) < 4.78 is 14.4. The third kappa shape index (κ3) is 7.10. The van der Waals surface area contributed by atoms with E-state index in [1.807, 2.05) is 13.8 Å². The van der Waals surface area contributed by atoms with E-state index in [0.29, 0.717) is 24.6 Å². The first-order valence-corrected chi connectivity index (χ1v) is 6.73. The molecule has 108 valence electrons. The van der Waals surface area contributed by atoms with Crippen LogP contribution < -0.4 is 10.6 Å². The highest BCUT2D eigenvalue weighted by Crippen LogP contribution is 2.15. The van der Waals surface area contributed by atoms with Crippen molar-refractivity contribution in [3.05, 3.63) is 34.1 Å². The Morgan fingerprint density at radius 1 is 1.42 bits per heavy atom. The van der Waals surface area contributed by atoms with Crippen LogP contribution in [-0.2, 0) is 6.42 Å². The SMILES string of the molecule is CN=C(NCCc1cc(Br)ccc1F)NC(C)C.I. The predicted octanol–water partition coefficient (Wildman–Crippen LogP) is 3.32. The minimum atomic E-state index is -0.174. The van der Waals surface area contributed by atoms with Crippen LogP contribution >= 0.6 is 39.9 Å². The Hall–Kier alpha value is -0.370. The fourth-order valence-electron chi connectivity index (χ4n) is 1.52. The number of rotatable bonds is 4. The monoisotopic (exact) mass is 443 g/mol. The van der Waals surface area contributed by atoms with Crippen molar-refractivity contribution < 1.29 is 4.39 Å². The van der Waals surface area contributed by atoms with E-state index in [1.165, 1.54) is 6.07 Å². The molecule has 1 aromatic carbocycles. The van der Waals surface area contributed by atoms with Crippen molar-refractivity contribution in [2.45, 2.75) is 26.3 Å². The first-order chi connectivity index (χ1) is 8.52. The van der Waals surface area contributed by atoms with Crippen molar-refractivity contribution in [1.82, 2.24) is 10.6 Å². The summed E-state index contributed by atoms with van der Waals surface area (Å²) >= 11 is 3.34. The summed E-state index contributed by atoms with van der Waals surface area (Å²) in [6.45, 7) is 4.72. The molecule has 0 aliphatic rings. The van der Waals surface area contributed by atoms with Crippen LogP contribution in [0.4, 0.5) is 4.39 Å². The van der Waals surface area contributed by atoms with Gasteiger partial charge in [0.15, 0.2) is 5.96 Å². The van der Waals surface area contributed by atoms with Crippen molar-refractivity contribution in [3.8, 4) is 0 Å². The zero-order chi connectivity index (χ0) is 13.5. The molecule has 0 fully saturated rings. The largest absolute Gasteiger partial charge is 0.356 e. The molecule has 0 spiro atoms. The van der Waals surface area contributed by atoms with E-state index < -0.39 is 0 Å². The highest BCUT2D eigenvalue weighted by Gasteiger charge is 2.04. The van der Waals surface area contributed by atoms with Crippen molar-refractivity contribution in [3.63, 3.8) is 0 Å². The Bertz CT molecular complexity index is 424. The van der Waals surface area contributed by atoms with Gasteiger partial charge in [-0.15, -0.1) is 24.0 Å². The first kappa shape index (κ1) is 18.6. The van der Waals surface area contributed by atoms with Crippen molar-refractivity contribution >= 4 is 45.9 Å². The maximum absolute atomic E-state index is 13.5. The molecular formula is C13H20BrFIN3. The molecule has 1 aromatic rings. The maximum Gasteiger partial charge on any atom is 0.191 e. The van der Waals surface area contributed by atoms with Gasteiger partial charge in [0.05, 0.1) is 0 Å². The zero-order valence-electron chi connectivity index (χ0n) is 11.3. The second-order valence-electron chi connectivity index (χ2n) is 4.28. The molecule has 0 heterocycles. The molecule has 19 heavy (non-hydrogen) atoms. The summed E-state index contributed by atoms with van der Waals surface area (Å²) in [5, 5.41) is 6.33. The molecule has 0 saturated carbocycles. The molecule has 0 atom stereocenters. The lowest BCUT2D eigenvalue weighted by molar-refractivity contribution is 0.605. The van der Waals surface area contributed by atoms with Gasteiger partial charge in [-0.1, -0.05) is 15.9 Å². The van der Waals surface area contributed by atoms with E-state index >= 15 is 0 Å².